The van der Waals surface area contributed by atoms with Gasteiger partial charge in [0.2, 0.25) is 0 Å². The first-order chi connectivity index (χ1) is 27.3. The molecule has 0 radical (unpaired) electrons. The van der Waals surface area contributed by atoms with Gasteiger partial charge in [0.05, 0.1) is 16.7 Å². The molecule has 0 aliphatic rings. The molecule has 55 heavy (non-hydrogen) atoms. The van der Waals surface area contributed by atoms with E-state index in [9.17, 15) is 0 Å². The number of rotatable bonds is 6. The van der Waals surface area contributed by atoms with Crippen LogP contribution in [0.25, 0.3) is 80.7 Å². The van der Waals surface area contributed by atoms with Crippen LogP contribution in [0.5, 0.6) is 0 Å². The standard InChI is InChI=1S/C52H34N2S/c1-3-14-35(15-4-1)36-28-30-41(31-29-36)53(47-25-13-27-50-52(47)44-22-9-10-26-49(44)55-50)42-21-11-18-39(32-42)43-23-12-24-46-51(43)45-33-37-16-7-8-17-38(37)34-48(45)54(46)40-19-5-2-6-20-40/h1-34H. The van der Waals surface area contributed by atoms with Crippen LogP contribution in [0.1, 0.15) is 0 Å². The number of fused-ring (bicyclic) bond motifs is 7. The van der Waals surface area contributed by atoms with Gasteiger partial charge in [-0.1, -0.05) is 133 Å². The molecule has 11 rings (SSSR count). The normalized spacial score (nSPS) is 11.6. The summed E-state index contributed by atoms with van der Waals surface area (Å²) in [5.74, 6) is 0. The summed E-state index contributed by atoms with van der Waals surface area (Å²) >= 11 is 1.86. The number of hydrogen-bond acceptors (Lipinski definition) is 2. The SMILES string of the molecule is c1ccc(-c2ccc(N(c3cccc(-c4cccc5c4c4cc6ccccc6cc4n5-c4ccccc4)c3)c3cccc4sc5ccccc5c34)cc2)cc1. The minimum atomic E-state index is 1.11. The minimum Gasteiger partial charge on any atom is -0.310 e. The Hall–Kier alpha value is -6.94. The Labute approximate surface area is 323 Å². The number of thiophene rings is 1. The van der Waals surface area contributed by atoms with Crippen LogP contribution in [0.15, 0.2) is 206 Å². The molecule has 2 heterocycles. The van der Waals surface area contributed by atoms with Gasteiger partial charge in [0.25, 0.3) is 0 Å². The maximum atomic E-state index is 2.45. The van der Waals surface area contributed by atoms with E-state index in [1.807, 2.05) is 11.3 Å². The number of para-hydroxylation sites is 1. The lowest BCUT2D eigenvalue weighted by Gasteiger charge is -2.27. The Kier molecular flexibility index (Phi) is 7.39. The van der Waals surface area contributed by atoms with Crippen molar-refractivity contribution in [1.29, 1.82) is 0 Å². The Balaban J connectivity index is 1.15. The second-order valence-electron chi connectivity index (χ2n) is 14.1. The maximum absolute atomic E-state index is 2.45. The summed E-state index contributed by atoms with van der Waals surface area (Å²) < 4.78 is 5.01. The molecule has 0 aliphatic carbocycles. The van der Waals surface area contributed by atoms with Gasteiger partial charge in [-0.2, -0.15) is 0 Å². The predicted octanol–water partition coefficient (Wildman–Crippen LogP) is 15.1. The fourth-order valence-electron chi connectivity index (χ4n) is 8.46. The zero-order chi connectivity index (χ0) is 36.3. The zero-order valence-electron chi connectivity index (χ0n) is 29.9. The Morgan fingerprint density at radius 2 is 1.04 bits per heavy atom. The highest BCUT2D eigenvalue weighted by Gasteiger charge is 2.21. The summed E-state index contributed by atoms with van der Waals surface area (Å²) in [7, 11) is 0. The molecule has 0 fully saturated rings. The van der Waals surface area contributed by atoms with Crippen molar-refractivity contribution in [3.63, 3.8) is 0 Å². The van der Waals surface area contributed by atoms with Crippen LogP contribution in [-0.4, -0.2) is 4.57 Å². The lowest BCUT2D eigenvalue weighted by Crippen LogP contribution is -2.10. The smallest absolute Gasteiger partial charge is 0.0554 e. The first kappa shape index (κ1) is 31.6. The third kappa shape index (κ3) is 5.24. The van der Waals surface area contributed by atoms with E-state index in [0.717, 1.165) is 17.1 Å². The van der Waals surface area contributed by atoms with Gasteiger partial charge in [-0.05, 0) is 106 Å². The number of aromatic nitrogens is 1. The molecule has 2 nitrogen and oxygen atoms in total. The van der Waals surface area contributed by atoms with Crippen molar-refractivity contribution >= 4 is 81.1 Å². The molecule has 0 aliphatic heterocycles. The molecule has 0 saturated heterocycles. The van der Waals surface area contributed by atoms with E-state index in [1.54, 1.807) is 0 Å². The van der Waals surface area contributed by atoms with Crippen LogP contribution in [0.3, 0.4) is 0 Å². The average molecular weight is 719 g/mol. The van der Waals surface area contributed by atoms with Crippen LogP contribution < -0.4 is 4.90 Å². The summed E-state index contributed by atoms with van der Waals surface area (Å²) in [6.45, 7) is 0. The molecule has 0 atom stereocenters. The van der Waals surface area contributed by atoms with Gasteiger partial charge in [0.15, 0.2) is 0 Å². The minimum absolute atomic E-state index is 1.11. The summed E-state index contributed by atoms with van der Waals surface area (Å²) in [6.07, 6.45) is 0. The van der Waals surface area contributed by atoms with E-state index in [1.165, 1.54) is 80.7 Å². The van der Waals surface area contributed by atoms with Gasteiger partial charge in [-0.3, -0.25) is 0 Å². The first-order valence-electron chi connectivity index (χ1n) is 18.8. The molecule has 0 unspecified atom stereocenters. The molecule has 0 amide bonds. The van der Waals surface area contributed by atoms with Crippen molar-refractivity contribution in [3.05, 3.63) is 206 Å². The summed E-state index contributed by atoms with van der Waals surface area (Å²) in [5.41, 5.74) is 11.8. The maximum Gasteiger partial charge on any atom is 0.0554 e. The molecule has 11 aromatic rings. The van der Waals surface area contributed by atoms with Gasteiger partial charge in [0.1, 0.15) is 0 Å². The second-order valence-corrected chi connectivity index (χ2v) is 15.2. The van der Waals surface area contributed by atoms with Gasteiger partial charge in [0, 0.05) is 48.0 Å². The van der Waals surface area contributed by atoms with Crippen LogP contribution >= 0.6 is 11.3 Å². The van der Waals surface area contributed by atoms with Crippen LogP contribution in [0.4, 0.5) is 17.1 Å². The number of anilines is 3. The monoisotopic (exact) mass is 718 g/mol. The molecule has 0 saturated carbocycles. The van der Waals surface area contributed by atoms with Gasteiger partial charge >= 0.3 is 0 Å². The topological polar surface area (TPSA) is 8.17 Å². The van der Waals surface area contributed by atoms with Gasteiger partial charge < -0.3 is 9.47 Å². The number of hydrogen-bond donors (Lipinski definition) is 0. The van der Waals surface area contributed by atoms with E-state index in [-0.39, 0.29) is 0 Å². The quantitative estimate of drug-likeness (QED) is 0.166. The van der Waals surface area contributed by atoms with Crippen molar-refractivity contribution in [2.45, 2.75) is 0 Å². The van der Waals surface area contributed by atoms with Crippen molar-refractivity contribution in [2.24, 2.45) is 0 Å². The highest BCUT2D eigenvalue weighted by Crippen LogP contribution is 2.47. The molecular formula is C52H34N2S. The van der Waals surface area contributed by atoms with Crippen molar-refractivity contribution in [1.82, 2.24) is 4.57 Å². The Morgan fingerprint density at radius 3 is 1.87 bits per heavy atom. The Bertz CT molecular complexity index is 3190. The third-order valence-electron chi connectivity index (χ3n) is 10.9. The first-order valence-corrected chi connectivity index (χ1v) is 19.6. The average Bonchev–Trinajstić information content (AvgIpc) is 3.80. The highest BCUT2D eigenvalue weighted by molar-refractivity contribution is 7.26. The molecular weight excluding hydrogens is 685 g/mol. The molecule has 258 valence electrons. The molecule has 0 spiro atoms. The molecule has 0 N–H and O–H groups in total. The number of benzene rings is 9. The fraction of sp³-hybridized carbons (Fsp3) is 0. The Morgan fingerprint density at radius 1 is 0.382 bits per heavy atom. The predicted molar refractivity (Wildman–Crippen MR) is 237 cm³/mol. The van der Waals surface area contributed by atoms with Crippen LogP contribution in [0, 0.1) is 0 Å². The van der Waals surface area contributed by atoms with Crippen molar-refractivity contribution in [2.75, 3.05) is 4.90 Å². The van der Waals surface area contributed by atoms with Gasteiger partial charge in [-0.25, -0.2) is 0 Å². The largest absolute Gasteiger partial charge is 0.310 e. The summed E-state index contributed by atoms with van der Waals surface area (Å²) in [5, 5.41) is 7.55. The second kappa shape index (κ2) is 12.9. The van der Waals surface area contributed by atoms with Crippen molar-refractivity contribution < 1.29 is 0 Å². The molecule has 2 aromatic heterocycles. The summed E-state index contributed by atoms with van der Waals surface area (Å²) in [4.78, 5) is 2.45. The third-order valence-corrected chi connectivity index (χ3v) is 12.1. The summed E-state index contributed by atoms with van der Waals surface area (Å²) in [6, 6.07) is 75.2. The van der Waals surface area contributed by atoms with Crippen LogP contribution in [0.2, 0.25) is 0 Å². The lowest BCUT2D eigenvalue weighted by molar-refractivity contribution is 1.18. The molecule has 0 bridgehead atoms. The van der Waals surface area contributed by atoms with E-state index < -0.39 is 0 Å². The zero-order valence-corrected chi connectivity index (χ0v) is 30.7. The van der Waals surface area contributed by atoms with E-state index >= 15 is 0 Å². The van der Waals surface area contributed by atoms with Crippen LogP contribution in [-0.2, 0) is 0 Å². The lowest BCUT2D eigenvalue weighted by atomic mass is 9.97. The molecule has 9 aromatic carbocycles. The van der Waals surface area contributed by atoms with E-state index in [0.29, 0.717) is 0 Å². The van der Waals surface area contributed by atoms with Crippen molar-refractivity contribution in [3.8, 4) is 27.9 Å². The fourth-order valence-corrected chi connectivity index (χ4v) is 9.59. The number of nitrogens with zero attached hydrogens (tertiary/aromatic N) is 2. The van der Waals surface area contributed by atoms with E-state index in [2.05, 4.69) is 216 Å². The molecule has 3 heteroatoms. The van der Waals surface area contributed by atoms with Gasteiger partial charge in [-0.15, -0.1) is 11.3 Å². The van der Waals surface area contributed by atoms with E-state index in [4.69, 9.17) is 0 Å². The highest BCUT2D eigenvalue weighted by atomic mass is 32.1.